The molecular weight excluding hydrogens is 361 g/mol. The summed E-state index contributed by atoms with van der Waals surface area (Å²) >= 11 is 0. The molecule has 0 aromatic heterocycles. The normalized spacial score (nSPS) is 24.7. The number of piperidine rings is 1. The Labute approximate surface area is 158 Å². The topological polar surface area (TPSA) is 198 Å². The van der Waals surface area contributed by atoms with Crippen LogP contribution in [0, 0.1) is 0 Å². The van der Waals surface area contributed by atoms with Gasteiger partial charge in [-0.05, 0) is 0 Å². The summed E-state index contributed by atoms with van der Waals surface area (Å²) < 4.78 is 36.3. The van der Waals surface area contributed by atoms with E-state index in [9.17, 15) is 27.4 Å². The van der Waals surface area contributed by atoms with Gasteiger partial charge >= 0.3 is 35.6 Å². The van der Waals surface area contributed by atoms with E-state index in [0.29, 0.717) is 0 Å². The Hall–Kier alpha value is -1.45. The van der Waals surface area contributed by atoms with Gasteiger partial charge in [-0.1, -0.05) is 5.16 Å². The number of nitrogens with zero attached hydrogens (tertiary/aromatic N) is 3. The Kier molecular flexibility index (Phi) is 6.54. The number of hydroxylamine groups is 2. The summed E-state index contributed by atoms with van der Waals surface area (Å²) in [6.07, 6.45) is -0.177. The van der Waals surface area contributed by atoms with Crippen molar-refractivity contribution in [2.45, 2.75) is 18.5 Å². The Morgan fingerprint density at radius 2 is 2.00 bits per heavy atom. The summed E-state index contributed by atoms with van der Waals surface area (Å²) in [7, 11) is -5.23. The van der Waals surface area contributed by atoms with Crippen LogP contribution in [0.5, 0.6) is 0 Å². The number of amides is 4. The Balaban J connectivity index is 0.00000288. The maximum atomic E-state index is 12.1. The molecule has 0 saturated carbocycles. The van der Waals surface area contributed by atoms with E-state index in [-0.39, 0.29) is 53.3 Å². The van der Waals surface area contributed by atoms with E-state index in [2.05, 4.69) is 14.3 Å². The van der Waals surface area contributed by atoms with Crippen LogP contribution in [0.2, 0.25) is 0 Å². The molecule has 128 valence electrons. The third kappa shape index (κ3) is 4.55. The van der Waals surface area contributed by atoms with Crippen LogP contribution >= 0.6 is 0 Å². The largest absolute Gasteiger partial charge is 1.00 e. The van der Waals surface area contributed by atoms with Gasteiger partial charge in [0.2, 0.25) is 16.3 Å². The molecule has 0 spiro atoms. The number of nitrogens with two attached hydrogens (primary N) is 2. The van der Waals surface area contributed by atoms with Gasteiger partial charge in [-0.15, -0.1) is 0 Å². The van der Waals surface area contributed by atoms with E-state index in [4.69, 9.17) is 11.5 Å². The smallest absolute Gasteiger partial charge is 0.724 e. The average Bonchev–Trinajstić information content (AvgIpc) is 2.65. The fraction of sp³-hybridized carbons (Fsp3) is 0.556. The number of oxime groups is 1. The summed E-state index contributed by atoms with van der Waals surface area (Å²) in [4.78, 5) is 39.7. The molecule has 0 aromatic carbocycles. The van der Waals surface area contributed by atoms with Crippen molar-refractivity contribution in [3.63, 3.8) is 0 Å². The van der Waals surface area contributed by atoms with E-state index in [1.807, 2.05) is 0 Å². The van der Waals surface area contributed by atoms with Crippen LogP contribution < -0.4 is 41.0 Å². The van der Waals surface area contributed by atoms with Gasteiger partial charge in [0, 0.05) is 6.42 Å². The van der Waals surface area contributed by atoms with Crippen LogP contribution in [0.3, 0.4) is 0 Å². The third-order valence-corrected chi connectivity index (χ3v) is 3.48. The number of urea groups is 1. The van der Waals surface area contributed by atoms with E-state index in [1.165, 1.54) is 0 Å². The van der Waals surface area contributed by atoms with Gasteiger partial charge in [0.15, 0.2) is 6.61 Å². The first-order valence-electron chi connectivity index (χ1n) is 6.11. The van der Waals surface area contributed by atoms with Crippen molar-refractivity contribution in [2.24, 2.45) is 16.6 Å². The fourth-order valence-electron chi connectivity index (χ4n) is 2.26. The fourth-order valence-corrected chi connectivity index (χ4v) is 2.62. The summed E-state index contributed by atoms with van der Waals surface area (Å²) in [6, 6.07) is -3.24. The monoisotopic (exact) mass is 373 g/mol. The molecule has 4 N–H and O–H groups in total. The van der Waals surface area contributed by atoms with Crippen molar-refractivity contribution in [1.82, 2.24) is 9.96 Å². The molecule has 2 atom stereocenters. The first-order chi connectivity index (χ1) is 10.6. The first kappa shape index (κ1) is 20.6. The standard InChI is InChI=1S/C9H13N5O8S.Na/c10-7(15)3-21-12-4-1-5(8(11)16)13-2-6(4)14(9(13)17)22-23(18,19)20;/h5-6H,1-3H2,(H2,10,15)(H2,11,16)(H,18,19,20);/q;+1/p-1/t5-,6-;/m0./s1. The molecule has 0 unspecified atom stereocenters. The minimum Gasteiger partial charge on any atom is -0.724 e. The predicted molar refractivity (Wildman–Crippen MR) is 68.7 cm³/mol. The van der Waals surface area contributed by atoms with E-state index < -0.39 is 46.9 Å². The molecule has 2 fully saturated rings. The molecule has 0 radical (unpaired) electrons. The summed E-state index contributed by atoms with van der Waals surface area (Å²) in [5.41, 5.74) is 10.1. The number of hydrogen-bond donors (Lipinski definition) is 2. The Morgan fingerprint density at radius 1 is 1.38 bits per heavy atom. The SMILES string of the molecule is NC(=O)CON=C1C[C@@H](C(N)=O)N2C[C@@H]1N(OS(=O)(=O)[O-])C2=O.[Na+]. The zero-order valence-corrected chi connectivity index (χ0v) is 15.3. The zero-order chi connectivity index (χ0) is 17.4. The Bertz CT molecular complexity index is 681. The molecule has 2 aliphatic heterocycles. The maximum Gasteiger partial charge on any atom is 1.00 e. The van der Waals surface area contributed by atoms with Gasteiger partial charge < -0.3 is 25.8 Å². The molecule has 13 nitrogen and oxygen atoms in total. The quantitative estimate of drug-likeness (QED) is 0.198. The molecule has 2 heterocycles. The van der Waals surface area contributed by atoms with Crippen LogP contribution in [0.4, 0.5) is 4.79 Å². The first-order valence-corrected chi connectivity index (χ1v) is 7.45. The minimum absolute atomic E-state index is 0. The zero-order valence-electron chi connectivity index (χ0n) is 12.4. The molecular formula is C9H12N5NaO8S. The van der Waals surface area contributed by atoms with Crippen LogP contribution in [0.1, 0.15) is 6.42 Å². The Morgan fingerprint density at radius 3 is 2.50 bits per heavy atom. The predicted octanol–water partition coefficient (Wildman–Crippen LogP) is -6.40. The molecule has 2 aliphatic rings. The van der Waals surface area contributed by atoms with Crippen molar-refractivity contribution in [2.75, 3.05) is 13.2 Å². The summed E-state index contributed by atoms with van der Waals surface area (Å²) in [5, 5.41) is 3.84. The molecule has 15 heteroatoms. The van der Waals surface area contributed by atoms with Crippen molar-refractivity contribution in [1.29, 1.82) is 0 Å². The third-order valence-electron chi connectivity index (χ3n) is 3.14. The van der Waals surface area contributed by atoms with Crippen LogP contribution in [-0.4, -0.2) is 71.7 Å². The molecule has 0 aliphatic carbocycles. The van der Waals surface area contributed by atoms with Crippen molar-refractivity contribution >= 4 is 34.0 Å². The van der Waals surface area contributed by atoms with E-state index >= 15 is 0 Å². The summed E-state index contributed by atoms with van der Waals surface area (Å²) in [6.45, 7) is -0.767. The van der Waals surface area contributed by atoms with Crippen LogP contribution in [-0.2, 0) is 29.1 Å². The van der Waals surface area contributed by atoms with Gasteiger partial charge in [0.05, 0.1) is 12.3 Å². The second kappa shape index (κ2) is 7.62. The molecule has 2 rings (SSSR count). The van der Waals surface area contributed by atoms with Gasteiger partial charge in [0.25, 0.3) is 5.91 Å². The molecule has 24 heavy (non-hydrogen) atoms. The van der Waals surface area contributed by atoms with E-state index in [1.54, 1.807) is 0 Å². The molecule has 0 aromatic rings. The van der Waals surface area contributed by atoms with Gasteiger partial charge in [0.1, 0.15) is 12.1 Å². The number of rotatable bonds is 6. The van der Waals surface area contributed by atoms with Gasteiger partial charge in [-0.25, -0.2) is 13.2 Å². The van der Waals surface area contributed by atoms with Crippen LogP contribution in [0.15, 0.2) is 5.16 Å². The number of carbonyl (C=O) groups is 3. The maximum absolute atomic E-state index is 12.1. The summed E-state index contributed by atoms with van der Waals surface area (Å²) in [5.74, 6) is -1.69. The number of hydrogen-bond acceptors (Lipinski definition) is 9. The average molecular weight is 373 g/mol. The minimum atomic E-state index is -5.23. The second-order valence-corrected chi connectivity index (χ2v) is 5.67. The van der Waals surface area contributed by atoms with Crippen molar-refractivity contribution in [3.8, 4) is 0 Å². The van der Waals surface area contributed by atoms with Gasteiger partial charge in [-0.2, -0.15) is 9.35 Å². The molecule has 4 amide bonds. The second-order valence-electron chi connectivity index (χ2n) is 4.70. The van der Waals surface area contributed by atoms with Crippen molar-refractivity contribution < 1.29 is 66.0 Å². The number of fused-ring (bicyclic) bond motifs is 2. The molecule has 2 bridgehead atoms. The van der Waals surface area contributed by atoms with E-state index in [0.717, 1.165) is 4.90 Å². The van der Waals surface area contributed by atoms with Crippen LogP contribution in [0.25, 0.3) is 0 Å². The van der Waals surface area contributed by atoms with Gasteiger partial charge in [-0.3, -0.25) is 9.59 Å². The number of carbonyl (C=O) groups excluding carboxylic acids is 3. The molecule has 2 saturated heterocycles. The number of primary amides is 2. The van der Waals surface area contributed by atoms with Crippen molar-refractivity contribution in [3.05, 3.63) is 0 Å².